The van der Waals surface area contributed by atoms with E-state index in [0.717, 1.165) is 0 Å². The van der Waals surface area contributed by atoms with Crippen LogP contribution in [0.5, 0.6) is 5.88 Å². The minimum atomic E-state index is -0.507. The van der Waals surface area contributed by atoms with Crippen molar-refractivity contribution in [2.75, 3.05) is 25.6 Å². The number of carbonyl (C=O) groups excluding carboxylic acids is 1. The molecule has 0 aliphatic heterocycles. The third-order valence-corrected chi connectivity index (χ3v) is 2.60. The molecule has 0 aromatic carbocycles. The lowest BCUT2D eigenvalue weighted by molar-refractivity contribution is -0.117. The Morgan fingerprint density at radius 3 is 2.70 bits per heavy atom. The lowest BCUT2D eigenvalue weighted by atomic mass is 10.0. The Kier molecular flexibility index (Phi) is 6.97. The second kappa shape index (κ2) is 8.50. The number of nitrogens with one attached hydrogen (secondary N) is 1. The van der Waals surface area contributed by atoms with Gasteiger partial charge >= 0.3 is 0 Å². The Balaban J connectivity index is 2.46. The first-order valence-electron chi connectivity index (χ1n) is 6.67. The maximum absolute atomic E-state index is 11.8. The molecule has 6 nitrogen and oxygen atoms in total. The van der Waals surface area contributed by atoms with Crippen molar-refractivity contribution in [1.29, 1.82) is 0 Å². The van der Waals surface area contributed by atoms with Gasteiger partial charge in [-0.15, -0.1) is 0 Å². The van der Waals surface area contributed by atoms with Gasteiger partial charge < -0.3 is 20.5 Å². The molecule has 0 spiro atoms. The number of amides is 1. The number of anilines is 1. The van der Waals surface area contributed by atoms with Crippen LogP contribution in [0.25, 0.3) is 0 Å². The minimum absolute atomic E-state index is 0.200. The molecule has 0 bridgehead atoms. The van der Waals surface area contributed by atoms with E-state index in [2.05, 4.69) is 10.3 Å². The van der Waals surface area contributed by atoms with E-state index >= 15 is 0 Å². The highest BCUT2D eigenvalue weighted by Crippen LogP contribution is 2.12. The van der Waals surface area contributed by atoms with E-state index in [1.54, 1.807) is 25.4 Å². The Labute approximate surface area is 119 Å². The number of methoxy groups -OCH3 is 1. The fourth-order valence-corrected chi connectivity index (χ4v) is 1.62. The Bertz CT molecular complexity index is 407. The van der Waals surface area contributed by atoms with Crippen LogP contribution >= 0.6 is 0 Å². The molecule has 0 fully saturated rings. The highest BCUT2D eigenvalue weighted by atomic mass is 16.5. The average molecular weight is 281 g/mol. The van der Waals surface area contributed by atoms with Gasteiger partial charge in [-0.05, 0) is 18.4 Å². The van der Waals surface area contributed by atoms with E-state index < -0.39 is 6.04 Å². The van der Waals surface area contributed by atoms with E-state index in [4.69, 9.17) is 15.2 Å². The summed E-state index contributed by atoms with van der Waals surface area (Å²) in [6, 6.07) is 2.92. The first-order valence-corrected chi connectivity index (χ1v) is 6.67. The van der Waals surface area contributed by atoms with Gasteiger partial charge in [-0.25, -0.2) is 4.98 Å². The molecule has 112 valence electrons. The number of ether oxygens (including phenoxy) is 2. The molecule has 1 heterocycles. The highest BCUT2D eigenvalue weighted by Gasteiger charge is 2.15. The molecule has 0 unspecified atom stereocenters. The van der Waals surface area contributed by atoms with Crippen molar-refractivity contribution in [3.05, 3.63) is 18.3 Å². The molecule has 0 saturated heterocycles. The zero-order valence-electron chi connectivity index (χ0n) is 12.3. The molecule has 3 N–H and O–H groups in total. The van der Waals surface area contributed by atoms with Crippen molar-refractivity contribution in [1.82, 2.24) is 4.98 Å². The van der Waals surface area contributed by atoms with Crippen LogP contribution in [0.3, 0.4) is 0 Å². The first-order chi connectivity index (χ1) is 9.52. The normalized spacial score (nSPS) is 12.2. The Morgan fingerprint density at radius 1 is 1.40 bits per heavy atom. The average Bonchev–Trinajstić information content (AvgIpc) is 2.40. The van der Waals surface area contributed by atoms with Crippen LogP contribution in [0, 0.1) is 5.92 Å². The SMILES string of the molecule is COCCOc1ccc(NC(=O)[C@@H](N)CC(C)C)cn1. The van der Waals surface area contributed by atoms with Gasteiger partial charge in [0.25, 0.3) is 0 Å². The molecule has 1 aromatic heterocycles. The predicted molar refractivity (Wildman–Crippen MR) is 77.7 cm³/mol. The van der Waals surface area contributed by atoms with Crippen LogP contribution in [0.15, 0.2) is 18.3 Å². The van der Waals surface area contributed by atoms with E-state index in [-0.39, 0.29) is 5.91 Å². The standard InChI is InChI=1S/C14H23N3O3/c1-10(2)8-12(15)14(18)17-11-4-5-13(16-9-11)20-7-6-19-3/h4-5,9-10,12H,6-8,15H2,1-3H3,(H,17,18)/t12-/m0/s1. The van der Waals surface area contributed by atoms with Gasteiger partial charge in [0.15, 0.2) is 0 Å². The molecule has 0 aliphatic rings. The first kappa shape index (κ1) is 16.4. The molecular formula is C14H23N3O3. The fraction of sp³-hybridized carbons (Fsp3) is 0.571. The molecule has 1 aromatic rings. The number of aromatic nitrogens is 1. The maximum atomic E-state index is 11.8. The van der Waals surface area contributed by atoms with Gasteiger partial charge in [0, 0.05) is 13.2 Å². The quantitative estimate of drug-likeness (QED) is 0.704. The van der Waals surface area contributed by atoms with E-state index in [0.29, 0.717) is 37.1 Å². The van der Waals surface area contributed by atoms with Crippen molar-refractivity contribution < 1.29 is 14.3 Å². The molecule has 1 amide bonds. The number of hydrogen-bond donors (Lipinski definition) is 2. The lowest BCUT2D eigenvalue weighted by Crippen LogP contribution is -2.36. The van der Waals surface area contributed by atoms with Gasteiger partial charge in [-0.2, -0.15) is 0 Å². The van der Waals surface area contributed by atoms with E-state index in [9.17, 15) is 4.79 Å². The van der Waals surface area contributed by atoms with Gasteiger partial charge in [-0.3, -0.25) is 4.79 Å². The lowest BCUT2D eigenvalue weighted by Gasteiger charge is -2.14. The maximum Gasteiger partial charge on any atom is 0.241 e. The summed E-state index contributed by atoms with van der Waals surface area (Å²) in [5.74, 6) is 0.672. The van der Waals surface area contributed by atoms with Gasteiger partial charge in [0.2, 0.25) is 11.8 Å². The third kappa shape index (κ3) is 5.99. The largest absolute Gasteiger partial charge is 0.475 e. The third-order valence-electron chi connectivity index (χ3n) is 2.60. The van der Waals surface area contributed by atoms with Crippen molar-refractivity contribution in [3.63, 3.8) is 0 Å². The van der Waals surface area contributed by atoms with E-state index in [1.165, 1.54) is 0 Å². The van der Waals surface area contributed by atoms with Crippen LogP contribution in [-0.4, -0.2) is 37.3 Å². The molecule has 0 radical (unpaired) electrons. The smallest absolute Gasteiger partial charge is 0.241 e. The fourth-order valence-electron chi connectivity index (χ4n) is 1.62. The van der Waals surface area contributed by atoms with Crippen molar-refractivity contribution >= 4 is 11.6 Å². The van der Waals surface area contributed by atoms with Crippen molar-refractivity contribution in [2.45, 2.75) is 26.3 Å². The van der Waals surface area contributed by atoms with Crippen LogP contribution < -0.4 is 15.8 Å². The topological polar surface area (TPSA) is 86.5 Å². The monoisotopic (exact) mass is 281 g/mol. The summed E-state index contributed by atoms with van der Waals surface area (Å²) in [5.41, 5.74) is 6.41. The summed E-state index contributed by atoms with van der Waals surface area (Å²) in [6.45, 7) is 5.00. The number of rotatable bonds is 8. The zero-order chi connectivity index (χ0) is 15.0. The van der Waals surface area contributed by atoms with Crippen LogP contribution in [0.1, 0.15) is 20.3 Å². The highest BCUT2D eigenvalue weighted by molar-refractivity contribution is 5.94. The number of pyridine rings is 1. The number of nitrogens with zero attached hydrogens (tertiary/aromatic N) is 1. The summed E-state index contributed by atoms with van der Waals surface area (Å²) in [7, 11) is 1.61. The number of nitrogens with two attached hydrogens (primary N) is 1. The van der Waals surface area contributed by atoms with Crippen LogP contribution in [-0.2, 0) is 9.53 Å². The summed E-state index contributed by atoms with van der Waals surface area (Å²) in [5, 5.41) is 2.73. The Morgan fingerprint density at radius 2 is 2.15 bits per heavy atom. The summed E-state index contributed by atoms with van der Waals surface area (Å²) in [4.78, 5) is 15.9. The Hall–Kier alpha value is -1.66. The number of carbonyl (C=O) groups is 1. The van der Waals surface area contributed by atoms with Crippen LogP contribution in [0.4, 0.5) is 5.69 Å². The summed E-state index contributed by atoms with van der Waals surface area (Å²) < 4.78 is 10.2. The van der Waals surface area contributed by atoms with Gasteiger partial charge in [0.05, 0.1) is 24.5 Å². The van der Waals surface area contributed by atoms with Crippen LogP contribution in [0.2, 0.25) is 0 Å². The van der Waals surface area contributed by atoms with E-state index in [1.807, 2.05) is 13.8 Å². The number of hydrogen-bond acceptors (Lipinski definition) is 5. The van der Waals surface area contributed by atoms with Crippen molar-refractivity contribution in [2.24, 2.45) is 11.7 Å². The van der Waals surface area contributed by atoms with Gasteiger partial charge in [0.1, 0.15) is 6.61 Å². The second-order valence-electron chi connectivity index (χ2n) is 4.95. The molecule has 20 heavy (non-hydrogen) atoms. The second-order valence-corrected chi connectivity index (χ2v) is 4.95. The molecule has 6 heteroatoms. The predicted octanol–water partition coefficient (Wildman–Crippen LogP) is 1.42. The zero-order valence-corrected chi connectivity index (χ0v) is 12.3. The minimum Gasteiger partial charge on any atom is -0.475 e. The molecule has 0 saturated carbocycles. The molecule has 0 aliphatic carbocycles. The summed E-state index contributed by atoms with van der Waals surface area (Å²) in [6.07, 6.45) is 2.19. The van der Waals surface area contributed by atoms with Gasteiger partial charge in [-0.1, -0.05) is 13.8 Å². The van der Waals surface area contributed by atoms with Crippen molar-refractivity contribution in [3.8, 4) is 5.88 Å². The molecular weight excluding hydrogens is 258 g/mol. The molecule has 1 atom stereocenters. The summed E-state index contributed by atoms with van der Waals surface area (Å²) >= 11 is 0. The molecule has 1 rings (SSSR count).